The summed E-state index contributed by atoms with van der Waals surface area (Å²) in [6, 6.07) is 36.2. The SMILES string of the molecule is CCOc1ccccc1OC(c1ccccc1)C1CNCCO1.CCOc1ccccc1O[C@@H](c1ccccc1)[C@@H]1CCCCO1. The zero-order valence-electron chi connectivity index (χ0n) is 27.0. The second-order valence-corrected chi connectivity index (χ2v) is 11.2. The van der Waals surface area contributed by atoms with Crippen LogP contribution >= 0.6 is 0 Å². The fourth-order valence-corrected chi connectivity index (χ4v) is 5.71. The van der Waals surface area contributed by atoms with Crippen molar-refractivity contribution in [2.45, 2.75) is 57.5 Å². The van der Waals surface area contributed by atoms with Crippen molar-refractivity contribution in [3.8, 4) is 23.0 Å². The standard InChI is InChI=1S/C20H24O3.C19H23NO3/c1-2-21-17-12-6-7-13-18(17)23-20(16-10-4-3-5-11-16)19-14-8-9-15-22-19;1-2-21-16-10-6-7-11-17(16)23-19(15-8-4-3-5-9-15)18-14-20-12-13-22-18/h3-7,10-13,19-20H,2,8-9,14-15H2,1H3;3-11,18-20H,2,12-14H2,1H3/t19-,20-;/m0./s1. The van der Waals surface area contributed by atoms with Gasteiger partial charge in [-0.2, -0.15) is 0 Å². The minimum Gasteiger partial charge on any atom is -0.490 e. The molecule has 46 heavy (non-hydrogen) atoms. The van der Waals surface area contributed by atoms with Gasteiger partial charge < -0.3 is 33.7 Å². The van der Waals surface area contributed by atoms with Crippen molar-refractivity contribution < 1.29 is 28.4 Å². The second-order valence-electron chi connectivity index (χ2n) is 11.2. The molecule has 6 rings (SSSR count). The van der Waals surface area contributed by atoms with E-state index < -0.39 is 0 Å². The molecule has 0 spiro atoms. The molecule has 2 fully saturated rings. The Labute approximate surface area is 273 Å². The normalized spacial score (nSPS) is 19.1. The number of para-hydroxylation sites is 4. The number of ether oxygens (including phenoxy) is 6. The Kier molecular flexibility index (Phi) is 13.2. The molecule has 7 nitrogen and oxygen atoms in total. The van der Waals surface area contributed by atoms with Crippen LogP contribution in [0, 0.1) is 0 Å². The largest absolute Gasteiger partial charge is 0.490 e. The van der Waals surface area contributed by atoms with Crippen molar-refractivity contribution >= 4 is 0 Å². The van der Waals surface area contributed by atoms with E-state index in [4.69, 9.17) is 28.4 Å². The molecule has 0 aromatic heterocycles. The Morgan fingerprint density at radius 3 is 1.52 bits per heavy atom. The molecule has 244 valence electrons. The van der Waals surface area contributed by atoms with Crippen molar-refractivity contribution in [3.05, 3.63) is 120 Å². The first-order chi connectivity index (χ1) is 22.8. The van der Waals surface area contributed by atoms with E-state index in [-0.39, 0.29) is 24.4 Å². The van der Waals surface area contributed by atoms with Crippen LogP contribution in [0.4, 0.5) is 0 Å². The fourth-order valence-electron chi connectivity index (χ4n) is 5.71. The predicted molar refractivity (Wildman–Crippen MR) is 181 cm³/mol. The lowest BCUT2D eigenvalue weighted by Gasteiger charge is -2.32. The third-order valence-corrected chi connectivity index (χ3v) is 7.91. The molecule has 2 saturated heterocycles. The van der Waals surface area contributed by atoms with Gasteiger partial charge in [-0.1, -0.05) is 84.9 Å². The summed E-state index contributed by atoms with van der Waals surface area (Å²) in [4.78, 5) is 0. The van der Waals surface area contributed by atoms with E-state index in [0.29, 0.717) is 19.8 Å². The molecule has 0 amide bonds. The molecule has 0 aliphatic carbocycles. The van der Waals surface area contributed by atoms with E-state index >= 15 is 0 Å². The van der Waals surface area contributed by atoms with Crippen molar-refractivity contribution in [1.82, 2.24) is 5.32 Å². The minimum absolute atomic E-state index is 0.0270. The van der Waals surface area contributed by atoms with E-state index in [1.165, 1.54) is 6.42 Å². The molecular formula is C39H47NO6. The summed E-state index contributed by atoms with van der Waals surface area (Å²) in [7, 11) is 0. The summed E-state index contributed by atoms with van der Waals surface area (Å²) < 4.78 is 36.0. The van der Waals surface area contributed by atoms with Crippen molar-refractivity contribution in [2.24, 2.45) is 0 Å². The van der Waals surface area contributed by atoms with Crippen LogP contribution in [-0.2, 0) is 9.47 Å². The van der Waals surface area contributed by atoms with Crippen molar-refractivity contribution in [1.29, 1.82) is 0 Å². The highest BCUT2D eigenvalue weighted by molar-refractivity contribution is 5.41. The molecule has 0 saturated carbocycles. The van der Waals surface area contributed by atoms with Crippen LogP contribution in [0.2, 0.25) is 0 Å². The minimum atomic E-state index is -0.175. The van der Waals surface area contributed by atoms with Gasteiger partial charge in [-0.15, -0.1) is 0 Å². The van der Waals surface area contributed by atoms with E-state index in [9.17, 15) is 0 Å². The van der Waals surface area contributed by atoms with Crippen LogP contribution < -0.4 is 24.3 Å². The van der Waals surface area contributed by atoms with Gasteiger partial charge in [-0.05, 0) is 68.5 Å². The van der Waals surface area contributed by atoms with Gasteiger partial charge >= 0.3 is 0 Å². The Balaban J connectivity index is 0.000000181. The molecule has 2 unspecified atom stereocenters. The van der Waals surface area contributed by atoms with Gasteiger partial charge in [0, 0.05) is 19.7 Å². The van der Waals surface area contributed by atoms with Crippen LogP contribution in [0.25, 0.3) is 0 Å². The lowest BCUT2D eigenvalue weighted by molar-refractivity contribution is -0.0539. The molecule has 0 radical (unpaired) electrons. The summed E-state index contributed by atoms with van der Waals surface area (Å²) in [5, 5.41) is 3.37. The maximum Gasteiger partial charge on any atom is 0.162 e. The lowest BCUT2D eigenvalue weighted by atomic mass is 9.98. The molecule has 4 atom stereocenters. The predicted octanol–water partition coefficient (Wildman–Crippen LogP) is 7.97. The molecule has 1 N–H and O–H groups in total. The van der Waals surface area contributed by atoms with Gasteiger partial charge in [0.2, 0.25) is 0 Å². The maximum absolute atomic E-state index is 6.37. The molecule has 7 heteroatoms. The van der Waals surface area contributed by atoms with Gasteiger partial charge in [0.25, 0.3) is 0 Å². The molecule has 4 aromatic carbocycles. The van der Waals surface area contributed by atoms with E-state index in [1.54, 1.807) is 0 Å². The Morgan fingerprint density at radius 1 is 0.587 bits per heavy atom. The summed E-state index contributed by atoms with van der Waals surface area (Å²) in [6.07, 6.45) is 3.11. The summed E-state index contributed by atoms with van der Waals surface area (Å²) >= 11 is 0. The average Bonchev–Trinajstić information content (AvgIpc) is 3.13. The van der Waals surface area contributed by atoms with Crippen LogP contribution in [0.1, 0.15) is 56.4 Å². The summed E-state index contributed by atoms with van der Waals surface area (Å²) in [5.74, 6) is 3.07. The topological polar surface area (TPSA) is 67.4 Å². The first-order valence-electron chi connectivity index (χ1n) is 16.6. The van der Waals surface area contributed by atoms with Crippen molar-refractivity contribution in [3.63, 3.8) is 0 Å². The Hall–Kier alpha value is -4.04. The smallest absolute Gasteiger partial charge is 0.162 e. The van der Waals surface area contributed by atoms with E-state index in [1.807, 2.05) is 98.8 Å². The highest BCUT2D eigenvalue weighted by Crippen LogP contribution is 2.36. The Bertz CT molecular complexity index is 1300. The van der Waals surface area contributed by atoms with E-state index in [0.717, 1.165) is 66.7 Å². The number of hydrogen-bond donors (Lipinski definition) is 1. The van der Waals surface area contributed by atoms with Crippen LogP contribution in [0.15, 0.2) is 109 Å². The van der Waals surface area contributed by atoms with Crippen molar-refractivity contribution in [2.75, 3.05) is 39.5 Å². The monoisotopic (exact) mass is 625 g/mol. The Morgan fingerprint density at radius 2 is 1.07 bits per heavy atom. The number of rotatable bonds is 12. The highest BCUT2D eigenvalue weighted by atomic mass is 16.6. The third kappa shape index (κ3) is 9.49. The number of nitrogens with one attached hydrogen (secondary N) is 1. The van der Waals surface area contributed by atoms with Gasteiger partial charge in [0.1, 0.15) is 12.2 Å². The molecular weight excluding hydrogens is 578 g/mol. The molecule has 2 aliphatic rings. The molecule has 0 bridgehead atoms. The quantitative estimate of drug-likeness (QED) is 0.171. The number of morpholine rings is 1. The van der Waals surface area contributed by atoms with Gasteiger partial charge in [-0.3, -0.25) is 0 Å². The fraction of sp³-hybridized carbons (Fsp3) is 0.385. The van der Waals surface area contributed by atoms with Crippen LogP contribution in [0.5, 0.6) is 23.0 Å². The molecule has 2 heterocycles. The highest BCUT2D eigenvalue weighted by Gasteiger charge is 2.30. The van der Waals surface area contributed by atoms with Crippen LogP contribution in [-0.4, -0.2) is 51.7 Å². The molecule has 2 aliphatic heterocycles. The maximum atomic E-state index is 6.37. The van der Waals surface area contributed by atoms with Crippen LogP contribution in [0.3, 0.4) is 0 Å². The zero-order valence-corrected chi connectivity index (χ0v) is 27.0. The van der Waals surface area contributed by atoms with Gasteiger partial charge in [0.15, 0.2) is 29.1 Å². The second kappa shape index (κ2) is 18.2. The first-order valence-corrected chi connectivity index (χ1v) is 16.6. The zero-order chi connectivity index (χ0) is 31.8. The molecule has 4 aromatic rings. The lowest BCUT2D eigenvalue weighted by Crippen LogP contribution is -2.43. The first kappa shape index (κ1) is 33.3. The number of hydrogen-bond acceptors (Lipinski definition) is 7. The third-order valence-electron chi connectivity index (χ3n) is 7.91. The van der Waals surface area contributed by atoms with E-state index in [2.05, 4.69) is 29.6 Å². The summed E-state index contributed by atoms with van der Waals surface area (Å²) in [5.41, 5.74) is 2.25. The van der Waals surface area contributed by atoms with Gasteiger partial charge in [-0.25, -0.2) is 0 Å². The summed E-state index contributed by atoms with van der Waals surface area (Å²) in [6.45, 7) is 8.35. The average molecular weight is 626 g/mol. The number of benzene rings is 4. The van der Waals surface area contributed by atoms with Gasteiger partial charge in [0.05, 0.1) is 25.9 Å².